The van der Waals surface area contributed by atoms with Gasteiger partial charge in [-0.05, 0) is 41.5 Å². The van der Waals surface area contributed by atoms with E-state index in [4.69, 9.17) is 9.39 Å². The SMILES string of the molecule is CC(C)(C)n1cc[n+](C(C)(C)C)c1CCOCCO[B-](c1c(F)c(F)c(F)c(F)c1F)(c1c(F)c(F)c(F)c(F)c1F)c1c(F)c(F)c(F)c(F)c1F. The second-order valence-electron chi connectivity index (χ2n) is 13.8. The summed E-state index contributed by atoms with van der Waals surface area (Å²) in [5, 5.41) is 0. The van der Waals surface area contributed by atoms with Crippen LogP contribution in [0.4, 0.5) is 65.9 Å². The number of aromatic nitrogens is 2. The highest BCUT2D eigenvalue weighted by atomic mass is 19.2. The Morgan fingerprint density at radius 1 is 0.491 bits per heavy atom. The molecule has 0 aliphatic carbocycles. The van der Waals surface area contributed by atoms with E-state index in [1.54, 1.807) is 12.4 Å². The molecule has 3 aromatic carbocycles. The largest absolute Gasteiger partial charge is 0.577 e. The minimum Gasteiger partial charge on any atom is -0.577 e. The van der Waals surface area contributed by atoms with Crippen molar-refractivity contribution in [2.45, 2.75) is 59.0 Å². The van der Waals surface area contributed by atoms with Crippen molar-refractivity contribution in [1.29, 1.82) is 0 Å². The molecule has 0 saturated heterocycles. The van der Waals surface area contributed by atoms with E-state index in [-0.39, 0.29) is 13.0 Å². The van der Waals surface area contributed by atoms with Crippen LogP contribution in [0, 0.1) is 87.3 Å². The van der Waals surface area contributed by atoms with Gasteiger partial charge in [0.1, 0.15) is 58.4 Å². The number of nitrogens with zero attached hydrogens (tertiary/aromatic N) is 2. The smallest absolute Gasteiger partial charge is 0.259 e. The third kappa shape index (κ3) is 6.87. The number of ether oxygens (including phenoxy) is 1. The van der Waals surface area contributed by atoms with Crippen LogP contribution in [0.5, 0.6) is 0 Å². The number of hydrogen-bond donors (Lipinski definition) is 0. The molecular weight excluding hydrogens is 752 g/mol. The summed E-state index contributed by atoms with van der Waals surface area (Å²) in [6, 6.07) is 0. The Bertz CT molecular complexity index is 1800. The fourth-order valence-electron chi connectivity index (χ4n) is 6.05. The molecule has 53 heavy (non-hydrogen) atoms. The molecule has 0 aliphatic rings. The molecule has 0 unspecified atom stereocenters. The van der Waals surface area contributed by atoms with Crippen LogP contribution in [0.1, 0.15) is 47.4 Å². The highest BCUT2D eigenvalue weighted by Gasteiger charge is 2.49. The summed E-state index contributed by atoms with van der Waals surface area (Å²) in [6.07, 6.45) is -2.56. The van der Waals surface area contributed by atoms with Crippen molar-refractivity contribution in [1.82, 2.24) is 4.57 Å². The Hall–Kier alpha value is -4.20. The normalized spacial score (nSPS) is 12.7. The van der Waals surface area contributed by atoms with Crippen LogP contribution in [0.15, 0.2) is 12.4 Å². The minimum atomic E-state index is -6.11. The summed E-state index contributed by atoms with van der Waals surface area (Å²) in [5.41, 5.74) is -9.52. The van der Waals surface area contributed by atoms with Crippen LogP contribution in [-0.2, 0) is 26.9 Å². The van der Waals surface area contributed by atoms with E-state index in [9.17, 15) is 39.5 Å². The van der Waals surface area contributed by atoms with Crippen LogP contribution in [0.2, 0.25) is 0 Å². The van der Waals surface area contributed by atoms with Crippen molar-refractivity contribution < 1.29 is 79.8 Å². The lowest BCUT2D eigenvalue weighted by Crippen LogP contribution is -2.75. The summed E-state index contributed by atoms with van der Waals surface area (Å²) < 4.78 is 238. The molecule has 1 heterocycles. The second kappa shape index (κ2) is 14.6. The molecule has 0 spiro atoms. The highest BCUT2D eigenvalue weighted by molar-refractivity contribution is 7.07. The number of rotatable bonds is 10. The number of benzene rings is 3. The van der Waals surface area contributed by atoms with E-state index in [1.807, 2.05) is 50.7 Å². The van der Waals surface area contributed by atoms with Gasteiger partial charge in [-0.15, -0.1) is 0 Å². The third-order valence-corrected chi connectivity index (χ3v) is 8.38. The van der Waals surface area contributed by atoms with Gasteiger partial charge in [-0.2, -0.15) is 0 Å². The summed E-state index contributed by atoms with van der Waals surface area (Å²) in [7, 11) is 0. The zero-order chi connectivity index (χ0) is 40.3. The van der Waals surface area contributed by atoms with Gasteiger partial charge in [-0.1, -0.05) is 16.4 Å². The maximum Gasteiger partial charge on any atom is 0.259 e. The van der Waals surface area contributed by atoms with Crippen molar-refractivity contribution in [3.05, 3.63) is 105 Å². The molecule has 20 heteroatoms. The number of halogens is 15. The molecule has 0 atom stereocenters. The van der Waals surface area contributed by atoms with Crippen LogP contribution in [-0.4, -0.2) is 30.7 Å². The van der Waals surface area contributed by atoms with E-state index in [1.165, 1.54) is 0 Å². The lowest BCUT2D eigenvalue weighted by atomic mass is 9.27. The van der Waals surface area contributed by atoms with Crippen molar-refractivity contribution in [3.8, 4) is 0 Å². The predicted molar refractivity (Wildman–Crippen MR) is 158 cm³/mol. The molecule has 1 aromatic heterocycles. The van der Waals surface area contributed by atoms with Gasteiger partial charge < -0.3 is 9.39 Å². The molecular formula is C33H28BF15N2O2. The number of hydrogen-bond acceptors (Lipinski definition) is 2. The molecule has 0 radical (unpaired) electrons. The van der Waals surface area contributed by atoms with E-state index >= 15 is 26.3 Å². The Labute approximate surface area is 291 Å². The van der Waals surface area contributed by atoms with Gasteiger partial charge in [-0.25, -0.2) is 75.0 Å². The van der Waals surface area contributed by atoms with Gasteiger partial charge in [0.25, 0.3) is 5.82 Å². The summed E-state index contributed by atoms with van der Waals surface area (Å²) >= 11 is 0. The van der Waals surface area contributed by atoms with Crippen LogP contribution in [0.3, 0.4) is 0 Å². The average molecular weight is 780 g/mol. The summed E-state index contributed by atoms with van der Waals surface area (Å²) in [4.78, 5) is 0. The zero-order valence-electron chi connectivity index (χ0n) is 28.4. The van der Waals surface area contributed by atoms with Crippen LogP contribution < -0.4 is 21.0 Å². The van der Waals surface area contributed by atoms with Crippen molar-refractivity contribution in [3.63, 3.8) is 0 Å². The van der Waals surface area contributed by atoms with Gasteiger partial charge in [0.15, 0.2) is 52.4 Å². The zero-order valence-corrected chi connectivity index (χ0v) is 28.4. The lowest BCUT2D eigenvalue weighted by molar-refractivity contribution is -0.760. The average Bonchev–Trinajstić information content (AvgIpc) is 3.53. The first kappa shape index (κ1) is 41.6. The first-order valence-electron chi connectivity index (χ1n) is 15.4. The van der Waals surface area contributed by atoms with E-state index in [0.29, 0.717) is 5.82 Å². The van der Waals surface area contributed by atoms with Crippen LogP contribution in [0.25, 0.3) is 0 Å². The van der Waals surface area contributed by atoms with E-state index < -0.39 is 134 Å². The molecule has 4 nitrogen and oxygen atoms in total. The minimum absolute atomic E-state index is 0.0464. The Morgan fingerprint density at radius 2 is 0.811 bits per heavy atom. The topological polar surface area (TPSA) is 27.3 Å². The lowest BCUT2D eigenvalue weighted by Gasteiger charge is -2.44. The maximum atomic E-state index is 15.6. The number of imidazole rings is 1. The van der Waals surface area contributed by atoms with E-state index in [2.05, 4.69) is 0 Å². The second-order valence-corrected chi connectivity index (χ2v) is 13.8. The Kier molecular flexibility index (Phi) is 11.4. The molecule has 4 aromatic rings. The molecule has 0 N–H and O–H groups in total. The van der Waals surface area contributed by atoms with Gasteiger partial charge in [0.05, 0.1) is 19.6 Å². The standard InChI is InChI=1S/C33H28BF15N2O2/c1-32(2,3)50-8-9-51(33(4,5)6)13(50)7-10-52-11-12-53-34(14-17(35)23(41)29(47)24(42)18(14)36,15-19(37)25(43)30(48)26(44)20(15)38)16-21(39)27(45)31(49)28(46)22(16)40/h8-9H,7,10-12H2,1-6H3. The van der Waals surface area contributed by atoms with Crippen molar-refractivity contribution in [2.75, 3.05) is 19.8 Å². The summed E-state index contributed by atoms with van der Waals surface area (Å²) in [5.74, 6) is -46.0. The van der Waals surface area contributed by atoms with Crippen molar-refractivity contribution >= 4 is 22.7 Å². The predicted octanol–water partition coefficient (Wildman–Crippen LogP) is 6.61. The Morgan fingerprint density at radius 3 is 1.11 bits per heavy atom. The molecule has 0 amide bonds. The first-order valence-corrected chi connectivity index (χ1v) is 15.4. The Balaban J connectivity index is 1.98. The molecule has 0 fully saturated rings. The monoisotopic (exact) mass is 780 g/mol. The molecule has 0 saturated carbocycles. The van der Waals surface area contributed by atoms with Crippen molar-refractivity contribution in [2.24, 2.45) is 0 Å². The molecule has 290 valence electrons. The quantitative estimate of drug-likeness (QED) is 0.0453. The first-order chi connectivity index (χ1) is 24.3. The highest BCUT2D eigenvalue weighted by Crippen LogP contribution is 2.29. The fraction of sp³-hybridized carbons (Fsp3) is 0.364. The molecule has 0 bridgehead atoms. The van der Waals surface area contributed by atoms with Gasteiger partial charge in [-0.3, -0.25) is 0 Å². The van der Waals surface area contributed by atoms with Crippen LogP contribution >= 0.6 is 0 Å². The fourth-order valence-corrected chi connectivity index (χ4v) is 6.05. The van der Waals surface area contributed by atoms with E-state index in [0.717, 1.165) is 0 Å². The maximum absolute atomic E-state index is 15.6. The molecule has 4 rings (SSSR count). The van der Waals surface area contributed by atoms with Gasteiger partial charge in [0, 0.05) is 6.61 Å². The summed E-state index contributed by atoms with van der Waals surface area (Å²) in [6.45, 7) is 8.29. The van der Waals surface area contributed by atoms with Gasteiger partial charge in [0.2, 0.25) is 6.35 Å². The molecule has 0 aliphatic heterocycles. The van der Waals surface area contributed by atoms with Gasteiger partial charge >= 0.3 is 0 Å². The third-order valence-electron chi connectivity index (χ3n) is 8.38.